The zero-order valence-corrected chi connectivity index (χ0v) is 15.5. The van der Waals surface area contributed by atoms with E-state index in [0.29, 0.717) is 5.56 Å². The average Bonchev–Trinajstić information content (AvgIpc) is 2.90. The van der Waals surface area contributed by atoms with Gasteiger partial charge in [-0.2, -0.15) is 0 Å². The molecule has 0 aliphatic carbocycles. The molecule has 0 spiro atoms. The molecule has 0 fully saturated rings. The zero-order valence-electron chi connectivity index (χ0n) is 14.7. The summed E-state index contributed by atoms with van der Waals surface area (Å²) in [6.45, 7) is 7.21. The largest absolute Gasteiger partial charge is 0.481 e. The molecule has 6 nitrogen and oxygen atoms in total. The standard InChI is InChI=1S/C18H22N2O4S/c1-11-16(25-10-19-11)13-7-5-12(6-8-13)14(9-15(21)22)20-17(23)24-18(2,3)4/h5-8,10,14H,9H2,1-4H3,(H,20,23)(H,21,22)/t14-/m0/s1. The number of aryl methyl sites for hydroxylation is 1. The third kappa shape index (κ3) is 5.56. The van der Waals surface area contributed by atoms with Crippen LogP contribution in [0.1, 0.15) is 44.5 Å². The Balaban J connectivity index is 2.18. The maximum absolute atomic E-state index is 12.0. The van der Waals surface area contributed by atoms with Crippen molar-refractivity contribution >= 4 is 23.4 Å². The van der Waals surface area contributed by atoms with E-state index >= 15 is 0 Å². The smallest absolute Gasteiger partial charge is 0.408 e. The Kier molecular flexibility index (Phi) is 5.79. The minimum Gasteiger partial charge on any atom is -0.481 e. The monoisotopic (exact) mass is 362 g/mol. The van der Waals surface area contributed by atoms with E-state index in [0.717, 1.165) is 16.1 Å². The van der Waals surface area contributed by atoms with Crippen LogP contribution >= 0.6 is 11.3 Å². The first-order valence-electron chi connectivity index (χ1n) is 7.87. The van der Waals surface area contributed by atoms with Gasteiger partial charge in [0.1, 0.15) is 5.60 Å². The molecular weight excluding hydrogens is 340 g/mol. The summed E-state index contributed by atoms with van der Waals surface area (Å²) in [5.41, 5.74) is 3.81. The van der Waals surface area contributed by atoms with Gasteiger partial charge in [-0.15, -0.1) is 11.3 Å². The topological polar surface area (TPSA) is 88.5 Å². The van der Waals surface area contributed by atoms with E-state index in [1.807, 2.05) is 31.2 Å². The number of carboxylic acids is 1. The van der Waals surface area contributed by atoms with Crippen molar-refractivity contribution in [2.45, 2.75) is 45.8 Å². The Bertz CT molecular complexity index is 747. The fourth-order valence-corrected chi connectivity index (χ4v) is 3.13. The lowest BCUT2D eigenvalue weighted by Crippen LogP contribution is -2.35. The fraction of sp³-hybridized carbons (Fsp3) is 0.389. The number of carbonyl (C=O) groups is 2. The summed E-state index contributed by atoms with van der Waals surface area (Å²) < 4.78 is 5.22. The number of hydrogen-bond acceptors (Lipinski definition) is 5. The van der Waals surface area contributed by atoms with Gasteiger partial charge in [-0.25, -0.2) is 9.78 Å². The van der Waals surface area contributed by atoms with Crippen LogP contribution in [0.25, 0.3) is 10.4 Å². The van der Waals surface area contributed by atoms with E-state index in [1.165, 1.54) is 0 Å². The SMILES string of the molecule is Cc1ncsc1-c1ccc([C@H](CC(=O)O)NC(=O)OC(C)(C)C)cc1. The zero-order chi connectivity index (χ0) is 18.6. The molecule has 134 valence electrons. The predicted octanol–water partition coefficient (Wildman–Crippen LogP) is 4.16. The Morgan fingerprint density at radius 1 is 1.28 bits per heavy atom. The molecule has 1 atom stereocenters. The van der Waals surface area contributed by atoms with Crippen LogP contribution < -0.4 is 5.32 Å². The lowest BCUT2D eigenvalue weighted by molar-refractivity contribution is -0.137. The van der Waals surface area contributed by atoms with Crippen LogP contribution in [0.4, 0.5) is 4.79 Å². The van der Waals surface area contributed by atoms with Gasteiger partial charge in [-0.1, -0.05) is 24.3 Å². The summed E-state index contributed by atoms with van der Waals surface area (Å²) in [4.78, 5) is 28.4. The highest BCUT2D eigenvalue weighted by atomic mass is 32.1. The van der Waals surface area contributed by atoms with Gasteiger partial charge >= 0.3 is 12.1 Å². The number of nitrogens with one attached hydrogen (secondary N) is 1. The van der Waals surface area contributed by atoms with Crippen molar-refractivity contribution in [1.29, 1.82) is 0 Å². The molecule has 2 rings (SSSR count). The van der Waals surface area contributed by atoms with Crippen LogP contribution in [0.3, 0.4) is 0 Å². The molecule has 0 aliphatic heterocycles. The second-order valence-electron chi connectivity index (χ2n) is 6.69. The van der Waals surface area contributed by atoms with E-state index in [2.05, 4.69) is 10.3 Å². The van der Waals surface area contributed by atoms with E-state index in [-0.39, 0.29) is 6.42 Å². The third-order valence-electron chi connectivity index (χ3n) is 3.39. The molecule has 7 heteroatoms. The molecule has 1 aromatic carbocycles. The van der Waals surface area contributed by atoms with Crippen LogP contribution in [0.2, 0.25) is 0 Å². The van der Waals surface area contributed by atoms with Crippen LogP contribution in [0.5, 0.6) is 0 Å². The number of rotatable bonds is 5. The predicted molar refractivity (Wildman–Crippen MR) is 96.7 cm³/mol. The number of benzene rings is 1. The first-order chi connectivity index (χ1) is 11.7. The summed E-state index contributed by atoms with van der Waals surface area (Å²) in [5.74, 6) is -0.997. The van der Waals surface area contributed by atoms with Gasteiger partial charge in [0, 0.05) is 0 Å². The van der Waals surface area contributed by atoms with Crippen molar-refractivity contribution in [3.63, 3.8) is 0 Å². The van der Waals surface area contributed by atoms with Gasteiger partial charge in [0.15, 0.2) is 0 Å². The molecule has 0 unspecified atom stereocenters. The van der Waals surface area contributed by atoms with Gasteiger partial charge < -0.3 is 15.2 Å². The van der Waals surface area contributed by atoms with E-state index in [9.17, 15) is 9.59 Å². The molecule has 0 bridgehead atoms. The first kappa shape index (κ1) is 18.9. The van der Waals surface area contributed by atoms with Crippen molar-refractivity contribution in [2.24, 2.45) is 0 Å². The van der Waals surface area contributed by atoms with Crippen LogP contribution in [-0.2, 0) is 9.53 Å². The van der Waals surface area contributed by atoms with E-state index in [4.69, 9.17) is 9.84 Å². The van der Waals surface area contributed by atoms with Crippen molar-refractivity contribution in [2.75, 3.05) is 0 Å². The minimum atomic E-state index is -0.997. The second-order valence-corrected chi connectivity index (χ2v) is 7.54. The number of carboxylic acid groups (broad SMARTS) is 1. The van der Waals surface area contributed by atoms with Crippen LogP contribution in [0.15, 0.2) is 29.8 Å². The maximum Gasteiger partial charge on any atom is 0.408 e. The van der Waals surface area contributed by atoms with Gasteiger partial charge in [0.2, 0.25) is 0 Å². The minimum absolute atomic E-state index is 0.224. The van der Waals surface area contributed by atoms with Crippen molar-refractivity contribution in [3.8, 4) is 10.4 Å². The lowest BCUT2D eigenvalue weighted by atomic mass is 10.0. The van der Waals surface area contributed by atoms with E-state index < -0.39 is 23.7 Å². The van der Waals surface area contributed by atoms with Gasteiger partial charge in [-0.3, -0.25) is 4.79 Å². The highest BCUT2D eigenvalue weighted by Crippen LogP contribution is 2.29. The van der Waals surface area contributed by atoms with Gasteiger partial charge in [-0.05, 0) is 38.8 Å². The number of aliphatic carboxylic acids is 1. The number of carbonyl (C=O) groups excluding carboxylic acids is 1. The number of aromatic nitrogens is 1. The first-order valence-corrected chi connectivity index (χ1v) is 8.75. The molecule has 0 saturated heterocycles. The molecule has 1 aromatic heterocycles. The molecule has 25 heavy (non-hydrogen) atoms. The number of hydrogen-bond donors (Lipinski definition) is 2. The molecule has 2 aromatic rings. The van der Waals surface area contributed by atoms with Crippen LogP contribution in [-0.4, -0.2) is 27.8 Å². The highest BCUT2D eigenvalue weighted by Gasteiger charge is 2.22. The molecule has 2 N–H and O–H groups in total. The van der Waals surface area contributed by atoms with Gasteiger partial charge in [0.25, 0.3) is 0 Å². The maximum atomic E-state index is 12.0. The summed E-state index contributed by atoms with van der Waals surface area (Å²) in [6, 6.07) is 6.78. The molecule has 1 amide bonds. The number of amides is 1. The number of nitrogens with zero attached hydrogens (tertiary/aromatic N) is 1. The number of ether oxygens (including phenoxy) is 1. The lowest BCUT2D eigenvalue weighted by Gasteiger charge is -2.23. The number of thiazole rings is 1. The summed E-state index contributed by atoms with van der Waals surface area (Å²) in [6.07, 6.45) is -0.862. The average molecular weight is 362 g/mol. The van der Waals surface area contributed by atoms with Crippen molar-refractivity contribution in [3.05, 3.63) is 41.0 Å². The quantitative estimate of drug-likeness (QED) is 0.834. The second kappa shape index (κ2) is 7.65. The Morgan fingerprint density at radius 3 is 2.40 bits per heavy atom. The fourth-order valence-electron chi connectivity index (χ4n) is 2.32. The molecule has 0 saturated carbocycles. The van der Waals surface area contributed by atoms with Crippen molar-refractivity contribution in [1.82, 2.24) is 10.3 Å². The third-order valence-corrected chi connectivity index (χ3v) is 4.37. The molecule has 1 heterocycles. The summed E-state index contributed by atoms with van der Waals surface area (Å²) in [5, 5.41) is 11.8. The van der Waals surface area contributed by atoms with Crippen molar-refractivity contribution < 1.29 is 19.4 Å². The van der Waals surface area contributed by atoms with Crippen LogP contribution in [0, 0.1) is 6.92 Å². The van der Waals surface area contributed by atoms with E-state index in [1.54, 1.807) is 37.6 Å². The highest BCUT2D eigenvalue weighted by molar-refractivity contribution is 7.13. The van der Waals surface area contributed by atoms with Gasteiger partial charge in [0.05, 0.1) is 28.5 Å². The molecular formula is C18H22N2O4S. The summed E-state index contributed by atoms with van der Waals surface area (Å²) in [7, 11) is 0. The molecule has 0 aliphatic rings. The molecule has 0 radical (unpaired) electrons. The Labute approximate surface area is 150 Å². The Hall–Kier alpha value is -2.41. The number of alkyl carbamates (subject to hydrolysis) is 1. The summed E-state index contributed by atoms with van der Waals surface area (Å²) >= 11 is 1.55. The normalized spacial score (nSPS) is 12.5. The Morgan fingerprint density at radius 2 is 1.92 bits per heavy atom.